The second-order valence-electron chi connectivity index (χ2n) is 5.35. The van der Waals surface area contributed by atoms with Gasteiger partial charge in [0.2, 0.25) is 0 Å². The van der Waals surface area contributed by atoms with Crippen molar-refractivity contribution in [3.63, 3.8) is 0 Å². The fourth-order valence-corrected chi connectivity index (χ4v) is 4.95. The van der Waals surface area contributed by atoms with Gasteiger partial charge in [-0.05, 0) is 31.0 Å². The second kappa shape index (κ2) is 5.14. The van der Waals surface area contributed by atoms with Crippen LogP contribution in [-0.4, -0.2) is 32.0 Å². The molecular weight excluding hydrogens is 272 g/mol. The van der Waals surface area contributed by atoms with Crippen LogP contribution in [0.15, 0.2) is 36.5 Å². The van der Waals surface area contributed by atoms with Crippen molar-refractivity contribution in [2.24, 2.45) is 5.92 Å². The van der Waals surface area contributed by atoms with Crippen molar-refractivity contribution in [2.75, 3.05) is 18.6 Å². The number of nitrogens with zero attached hydrogens (tertiary/aromatic N) is 1. The van der Waals surface area contributed by atoms with Crippen molar-refractivity contribution in [1.29, 1.82) is 0 Å². The lowest BCUT2D eigenvalue weighted by Gasteiger charge is -2.23. The molecule has 0 bridgehead atoms. The molecule has 1 saturated heterocycles. The maximum Gasteiger partial charge on any atom is 0.150 e. The van der Waals surface area contributed by atoms with E-state index in [0.717, 1.165) is 22.9 Å². The van der Waals surface area contributed by atoms with Gasteiger partial charge in [0.05, 0.1) is 17.0 Å². The quantitative estimate of drug-likeness (QED) is 0.938. The monoisotopic (exact) mass is 290 g/mol. The van der Waals surface area contributed by atoms with Crippen molar-refractivity contribution in [1.82, 2.24) is 10.3 Å². The summed E-state index contributed by atoms with van der Waals surface area (Å²) in [4.78, 5) is 4.47. The molecule has 2 heterocycles. The number of hydrogen-bond donors (Lipinski definition) is 1. The van der Waals surface area contributed by atoms with Crippen molar-refractivity contribution >= 4 is 20.7 Å². The van der Waals surface area contributed by atoms with E-state index < -0.39 is 9.84 Å². The molecule has 3 rings (SSSR count). The van der Waals surface area contributed by atoms with Crippen molar-refractivity contribution in [3.05, 3.63) is 42.1 Å². The number of aromatic nitrogens is 1. The molecule has 0 spiro atoms. The summed E-state index contributed by atoms with van der Waals surface area (Å²) >= 11 is 0. The van der Waals surface area contributed by atoms with Crippen LogP contribution in [0.2, 0.25) is 0 Å². The molecule has 1 fully saturated rings. The summed E-state index contributed by atoms with van der Waals surface area (Å²) < 4.78 is 23.4. The lowest BCUT2D eigenvalue weighted by molar-refractivity contribution is 0.420. The third-order valence-corrected chi connectivity index (χ3v) is 5.84. The van der Waals surface area contributed by atoms with E-state index in [1.807, 2.05) is 37.4 Å². The summed E-state index contributed by atoms with van der Waals surface area (Å²) in [5, 5.41) is 4.37. The zero-order chi connectivity index (χ0) is 14.2. The number of rotatable bonds is 3. The van der Waals surface area contributed by atoms with Crippen LogP contribution >= 0.6 is 0 Å². The molecule has 2 unspecified atom stereocenters. The number of pyridine rings is 1. The van der Waals surface area contributed by atoms with E-state index >= 15 is 0 Å². The molecular formula is C15H18N2O2S. The molecule has 0 amide bonds. The molecule has 1 N–H and O–H groups in total. The molecule has 20 heavy (non-hydrogen) atoms. The molecule has 5 heteroatoms. The lowest BCUT2D eigenvalue weighted by atomic mass is 9.91. The Hall–Kier alpha value is -1.46. The second-order valence-corrected chi connectivity index (χ2v) is 7.58. The van der Waals surface area contributed by atoms with Gasteiger partial charge < -0.3 is 5.32 Å². The Morgan fingerprint density at radius 3 is 2.80 bits per heavy atom. The van der Waals surface area contributed by atoms with E-state index in [-0.39, 0.29) is 17.7 Å². The Kier molecular flexibility index (Phi) is 3.48. The maximum atomic E-state index is 11.7. The maximum absolute atomic E-state index is 11.7. The average molecular weight is 290 g/mol. The standard InChI is InChI=1S/C15H18N2O2S/c1-16-14(12-7-9-20(18,19)10-12)13-6-2-4-11-5-3-8-17-15(11)13/h2-6,8,12,14,16H,7,9-10H2,1H3. The van der Waals surface area contributed by atoms with Crippen LogP contribution in [0.5, 0.6) is 0 Å². The Morgan fingerprint density at radius 1 is 1.30 bits per heavy atom. The molecule has 0 radical (unpaired) electrons. The lowest BCUT2D eigenvalue weighted by Crippen LogP contribution is -2.26. The van der Waals surface area contributed by atoms with E-state index in [9.17, 15) is 8.42 Å². The predicted octanol–water partition coefficient (Wildman–Crippen LogP) is 1.93. The van der Waals surface area contributed by atoms with Gasteiger partial charge in [0.25, 0.3) is 0 Å². The smallest absolute Gasteiger partial charge is 0.150 e. The Labute approximate surface area is 119 Å². The molecule has 1 aliphatic heterocycles. The van der Waals surface area contributed by atoms with E-state index in [0.29, 0.717) is 5.75 Å². The van der Waals surface area contributed by atoms with Gasteiger partial charge in [0.1, 0.15) is 0 Å². The van der Waals surface area contributed by atoms with Crippen LogP contribution in [0.3, 0.4) is 0 Å². The normalized spacial score (nSPS) is 22.9. The molecule has 1 aromatic heterocycles. The molecule has 1 aliphatic rings. The molecule has 4 nitrogen and oxygen atoms in total. The molecule has 0 saturated carbocycles. The van der Waals surface area contributed by atoms with E-state index in [2.05, 4.69) is 10.3 Å². The number of hydrogen-bond acceptors (Lipinski definition) is 4. The van der Waals surface area contributed by atoms with Crippen LogP contribution in [0.1, 0.15) is 18.0 Å². The Morgan fingerprint density at radius 2 is 2.10 bits per heavy atom. The highest BCUT2D eigenvalue weighted by molar-refractivity contribution is 7.91. The van der Waals surface area contributed by atoms with Gasteiger partial charge in [0.15, 0.2) is 9.84 Å². The summed E-state index contributed by atoms with van der Waals surface area (Å²) in [6.45, 7) is 0. The Bertz CT molecular complexity index is 722. The minimum Gasteiger partial charge on any atom is -0.313 e. The number of nitrogens with one attached hydrogen (secondary N) is 1. The largest absolute Gasteiger partial charge is 0.313 e. The van der Waals surface area contributed by atoms with Crippen molar-refractivity contribution in [2.45, 2.75) is 12.5 Å². The number of sulfone groups is 1. The van der Waals surface area contributed by atoms with E-state index in [1.165, 1.54) is 0 Å². The minimum atomic E-state index is -2.87. The summed E-state index contributed by atoms with van der Waals surface area (Å²) in [5.41, 5.74) is 2.05. The van der Waals surface area contributed by atoms with Crippen molar-refractivity contribution in [3.8, 4) is 0 Å². The van der Waals surface area contributed by atoms with Crippen LogP contribution in [0, 0.1) is 5.92 Å². The van der Waals surface area contributed by atoms with Gasteiger partial charge in [-0.15, -0.1) is 0 Å². The first kappa shape index (κ1) is 13.5. The SMILES string of the molecule is CNC(c1cccc2cccnc12)C1CCS(=O)(=O)C1. The van der Waals surface area contributed by atoms with Gasteiger partial charge in [-0.3, -0.25) is 4.98 Å². The highest BCUT2D eigenvalue weighted by Gasteiger charge is 2.34. The summed E-state index contributed by atoms with van der Waals surface area (Å²) in [6.07, 6.45) is 2.50. The van der Waals surface area contributed by atoms with Gasteiger partial charge in [-0.2, -0.15) is 0 Å². The first-order valence-electron chi connectivity index (χ1n) is 6.82. The Balaban J connectivity index is 2.04. The van der Waals surface area contributed by atoms with Gasteiger partial charge in [-0.1, -0.05) is 24.3 Å². The van der Waals surface area contributed by atoms with Gasteiger partial charge in [0, 0.05) is 17.6 Å². The molecule has 0 aliphatic carbocycles. The van der Waals surface area contributed by atoms with E-state index in [4.69, 9.17) is 0 Å². The molecule has 106 valence electrons. The van der Waals surface area contributed by atoms with Gasteiger partial charge >= 0.3 is 0 Å². The zero-order valence-electron chi connectivity index (χ0n) is 11.4. The zero-order valence-corrected chi connectivity index (χ0v) is 12.2. The minimum absolute atomic E-state index is 0.0332. The molecule has 2 atom stereocenters. The third-order valence-electron chi connectivity index (χ3n) is 4.05. The topological polar surface area (TPSA) is 59.1 Å². The first-order valence-corrected chi connectivity index (χ1v) is 8.64. The van der Waals surface area contributed by atoms with Crippen LogP contribution in [0.4, 0.5) is 0 Å². The number of fused-ring (bicyclic) bond motifs is 1. The first-order chi connectivity index (χ1) is 9.61. The van der Waals surface area contributed by atoms with Gasteiger partial charge in [-0.25, -0.2) is 8.42 Å². The summed E-state index contributed by atoms with van der Waals surface area (Å²) in [6, 6.07) is 10.1. The fraction of sp³-hybridized carbons (Fsp3) is 0.400. The average Bonchev–Trinajstić information content (AvgIpc) is 2.80. The van der Waals surface area contributed by atoms with Crippen LogP contribution in [0.25, 0.3) is 10.9 Å². The summed E-state index contributed by atoms with van der Waals surface area (Å²) in [7, 11) is -0.986. The number of benzene rings is 1. The molecule has 2 aromatic rings. The van der Waals surface area contributed by atoms with E-state index in [1.54, 1.807) is 6.20 Å². The van der Waals surface area contributed by atoms with Crippen LogP contribution < -0.4 is 5.32 Å². The third kappa shape index (κ3) is 2.43. The fourth-order valence-electron chi connectivity index (χ4n) is 3.11. The summed E-state index contributed by atoms with van der Waals surface area (Å²) in [5.74, 6) is 0.688. The predicted molar refractivity (Wildman–Crippen MR) is 80.3 cm³/mol. The highest BCUT2D eigenvalue weighted by Crippen LogP contribution is 2.33. The number of para-hydroxylation sites is 1. The molecule has 1 aromatic carbocycles. The van der Waals surface area contributed by atoms with Crippen molar-refractivity contribution < 1.29 is 8.42 Å². The van der Waals surface area contributed by atoms with Crippen LogP contribution in [-0.2, 0) is 9.84 Å². The highest BCUT2D eigenvalue weighted by atomic mass is 32.2.